The Kier molecular flexibility index (Phi) is 3.23. The summed E-state index contributed by atoms with van der Waals surface area (Å²) in [5, 5.41) is 8.93. The van der Waals surface area contributed by atoms with Gasteiger partial charge >= 0.3 is 5.97 Å². The van der Waals surface area contributed by atoms with E-state index in [0.717, 1.165) is 13.0 Å². The van der Waals surface area contributed by atoms with Crippen molar-refractivity contribution in [3.8, 4) is 0 Å². The molecular formula is C14H19N3O3. The number of carbonyl (C=O) groups is 2. The van der Waals surface area contributed by atoms with E-state index < -0.39 is 11.9 Å². The van der Waals surface area contributed by atoms with Crippen molar-refractivity contribution in [2.75, 3.05) is 13.1 Å². The van der Waals surface area contributed by atoms with Crippen molar-refractivity contribution in [3.05, 3.63) is 18.7 Å². The van der Waals surface area contributed by atoms with Crippen LogP contribution in [-0.2, 0) is 9.59 Å². The lowest BCUT2D eigenvalue weighted by atomic mass is 9.93. The highest BCUT2D eigenvalue weighted by molar-refractivity contribution is 5.89. The zero-order valence-electron chi connectivity index (χ0n) is 11.5. The van der Waals surface area contributed by atoms with Crippen molar-refractivity contribution < 1.29 is 14.7 Å². The average Bonchev–Trinajstić information content (AvgIpc) is 3.06. The van der Waals surface area contributed by atoms with Gasteiger partial charge in [0, 0.05) is 25.5 Å². The van der Waals surface area contributed by atoms with Gasteiger partial charge in [-0.05, 0) is 18.8 Å². The summed E-state index contributed by atoms with van der Waals surface area (Å²) in [6, 6.07) is 0.234. The first kappa shape index (κ1) is 13.1. The Morgan fingerprint density at radius 3 is 2.75 bits per heavy atom. The second kappa shape index (κ2) is 4.92. The van der Waals surface area contributed by atoms with Crippen molar-refractivity contribution in [1.29, 1.82) is 0 Å². The fraction of sp³-hybridized carbons (Fsp3) is 0.643. The molecule has 6 nitrogen and oxygen atoms in total. The van der Waals surface area contributed by atoms with E-state index in [4.69, 9.17) is 5.11 Å². The van der Waals surface area contributed by atoms with Crippen LogP contribution in [0.15, 0.2) is 18.7 Å². The standard InChI is InChI=1S/C14H19N3O3/c1-9-2-4-16(7-12(9)17-5-3-15-8-17)13(18)10-6-11(10)14(19)20/h3,5,8-12H,2,4,6-7H2,1H3,(H,19,20). The van der Waals surface area contributed by atoms with E-state index in [1.54, 1.807) is 12.5 Å². The lowest BCUT2D eigenvalue weighted by Crippen LogP contribution is -2.44. The van der Waals surface area contributed by atoms with Gasteiger partial charge in [-0.3, -0.25) is 9.59 Å². The molecule has 1 aliphatic heterocycles. The topological polar surface area (TPSA) is 75.4 Å². The van der Waals surface area contributed by atoms with Gasteiger partial charge in [0.2, 0.25) is 5.91 Å². The van der Waals surface area contributed by atoms with E-state index in [9.17, 15) is 9.59 Å². The van der Waals surface area contributed by atoms with Crippen molar-refractivity contribution >= 4 is 11.9 Å². The second-order valence-corrected chi connectivity index (χ2v) is 5.91. The van der Waals surface area contributed by atoms with Gasteiger partial charge in [-0.2, -0.15) is 0 Å². The van der Waals surface area contributed by atoms with Crippen LogP contribution in [0.5, 0.6) is 0 Å². The van der Waals surface area contributed by atoms with Gasteiger partial charge in [-0.25, -0.2) is 4.98 Å². The van der Waals surface area contributed by atoms with E-state index in [0.29, 0.717) is 18.9 Å². The quantitative estimate of drug-likeness (QED) is 0.894. The minimum Gasteiger partial charge on any atom is -0.481 e. The predicted molar refractivity (Wildman–Crippen MR) is 70.9 cm³/mol. The van der Waals surface area contributed by atoms with Crippen LogP contribution < -0.4 is 0 Å². The predicted octanol–water partition coefficient (Wildman–Crippen LogP) is 1.01. The number of imidazole rings is 1. The molecule has 1 saturated carbocycles. The maximum atomic E-state index is 12.3. The second-order valence-electron chi connectivity index (χ2n) is 5.91. The summed E-state index contributed by atoms with van der Waals surface area (Å²) in [7, 11) is 0. The molecule has 0 radical (unpaired) electrons. The normalized spacial score (nSPS) is 33.0. The van der Waals surface area contributed by atoms with Crippen LogP contribution in [0.2, 0.25) is 0 Å². The molecule has 3 rings (SSSR count). The number of likely N-dealkylation sites (tertiary alicyclic amines) is 1. The lowest BCUT2D eigenvalue weighted by molar-refractivity contribution is -0.142. The van der Waals surface area contributed by atoms with Gasteiger partial charge < -0.3 is 14.6 Å². The molecule has 1 N–H and O–H groups in total. The zero-order chi connectivity index (χ0) is 14.3. The smallest absolute Gasteiger partial charge is 0.307 e. The first-order chi connectivity index (χ1) is 9.58. The number of carbonyl (C=O) groups excluding carboxylic acids is 1. The van der Waals surface area contributed by atoms with Crippen LogP contribution >= 0.6 is 0 Å². The van der Waals surface area contributed by atoms with Crippen LogP contribution in [0.3, 0.4) is 0 Å². The Morgan fingerprint density at radius 1 is 1.35 bits per heavy atom. The highest BCUT2D eigenvalue weighted by Crippen LogP contribution is 2.41. The Labute approximate surface area is 117 Å². The average molecular weight is 277 g/mol. The molecule has 4 unspecified atom stereocenters. The van der Waals surface area contributed by atoms with Gasteiger partial charge in [0.05, 0.1) is 24.2 Å². The third-order valence-corrected chi connectivity index (χ3v) is 4.56. The summed E-state index contributed by atoms with van der Waals surface area (Å²) in [5.74, 6) is -1.12. The van der Waals surface area contributed by atoms with Crippen LogP contribution in [0.1, 0.15) is 25.8 Å². The number of piperidine rings is 1. The van der Waals surface area contributed by atoms with Crippen LogP contribution in [0.4, 0.5) is 0 Å². The Bertz CT molecular complexity index is 514. The highest BCUT2D eigenvalue weighted by Gasteiger charge is 2.50. The Balaban J connectivity index is 1.67. The maximum Gasteiger partial charge on any atom is 0.307 e. The fourth-order valence-electron chi connectivity index (χ4n) is 3.08. The molecule has 2 aliphatic rings. The minimum atomic E-state index is -0.847. The van der Waals surface area contributed by atoms with E-state index in [-0.39, 0.29) is 17.9 Å². The van der Waals surface area contributed by atoms with E-state index in [1.165, 1.54) is 0 Å². The molecule has 0 bridgehead atoms. The van der Waals surface area contributed by atoms with E-state index in [2.05, 4.69) is 11.9 Å². The summed E-state index contributed by atoms with van der Waals surface area (Å²) >= 11 is 0. The summed E-state index contributed by atoms with van der Waals surface area (Å²) in [6.07, 6.45) is 6.89. The van der Waals surface area contributed by atoms with Gasteiger partial charge in [0.25, 0.3) is 0 Å². The molecule has 2 heterocycles. The van der Waals surface area contributed by atoms with E-state index in [1.807, 2.05) is 15.7 Å². The molecular weight excluding hydrogens is 258 g/mol. The number of aromatic nitrogens is 2. The molecule has 1 aromatic heterocycles. The summed E-state index contributed by atoms with van der Waals surface area (Å²) in [5.41, 5.74) is 0. The van der Waals surface area contributed by atoms with Crippen molar-refractivity contribution in [1.82, 2.24) is 14.5 Å². The van der Waals surface area contributed by atoms with Crippen molar-refractivity contribution in [2.45, 2.75) is 25.8 Å². The summed E-state index contributed by atoms with van der Waals surface area (Å²) in [4.78, 5) is 29.1. The number of nitrogens with zero attached hydrogens (tertiary/aromatic N) is 3. The monoisotopic (exact) mass is 277 g/mol. The number of amides is 1. The van der Waals surface area contributed by atoms with Gasteiger partial charge in [-0.1, -0.05) is 6.92 Å². The van der Waals surface area contributed by atoms with Gasteiger partial charge in [0.1, 0.15) is 0 Å². The number of rotatable bonds is 3. The third kappa shape index (κ3) is 2.30. The molecule has 4 atom stereocenters. The van der Waals surface area contributed by atoms with Crippen LogP contribution in [0.25, 0.3) is 0 Å². The number of carboxylic acids is 1. The molecule has 2 fully saturated rings. The molecule has 108 valence electrons. The van der Waals surface area contributed by atoms with Crippen LogP contribution in [-0.4, -0.2) is 44.5 Å². The molecule has 1 aliphatic carbocycles. The van der Waals surface area contributed by atoms with Gasteiger partial charge in [0.15, 0.2) is 0 Å². The number of hydrogen-bond donors (Lipinski definition) is 1. The zero-order valence-corrected chi connectivity index (χ0v) is 11.5. The molecule has 1 amide bonds. The molecule has 0 aromatic carbocycles. The lowest BCUT2D eigenvalue weighted by Gasteiger charge is -2.37. The van der Waals surface area contributed by atoms with Crippen LogP contribution in [0, 0.1) is 17.8 Å². The number of carboxylic acid groups (broad SMARTS) is 1. The SMILES string of the molecule is CC1CCN(C(=O)C2CC2C(=O)O)CC1n1ccnc1. The van der Waals surface area contributed by atoms with Gasteiger partial charge in [-0.15, -0.1) is 0 Å². The van der Waals surface area contributed by atoms with Crippen molar-refractivity contribution in [3.63, 3.8) is 0 Å². The molecule has 1 saturated heterocycles. The first-order valence-corrected chi connectivity index (χ1v) is 7.07. The Hall–Kier alpha value is -1.85. The molecule has 6 heteroatoms. The Morgan fingerprint density at radius 2 is 2.15 bits per heavy atom. The molecule has 1 aromatic rings. The summed E-state index contributed by atoms with van der Waals surface area (Å²) < 4.78 is 2.05. The fourth-order valence-corrected chi connectivity index (χ4v) is 3.08. The minimum absolute atomic E-state index is 0.00872. The number of aliphatic carboxylic acids is 1. The largest absolute Gasteiger partial charge is 0.481 e. The number of hydrogen-bond acceptors (Lipinski definition) is 3. The summed E-state index contributed by atoms with van der Waals surface area (Å²) in [6.45, 7) is 3.57. The van der Waals surface area contributed by atoms with E-state index >= 15 is 0 Å². The molecule has 20 heavy (non-hydrogen) atoms. The third-order valence-electron chi connectivity index (χ3n) is 4.56. The molecule has 0 spiro atoms. The van der Waals surface area contributed by atoms with Crippen molar-refractivity contribution in [2.24, 2.45) is 17.8 Å². The maximum absolute atomic E-state index is 12.3. The first-order valence-electron chi connectivity index (χ1n) is 7.07. The highest BCUT2D eigenvalue weighted by atomic mass is 16.4.